The molecule has 37 heavy (non-hydrogen) atoms. The number of ether oxygens (including phenoxy) is 2. The van der Waals surface area contributed by atoms with E-state index in [-0.39, 0.29) is 17.7 Å². The molecular formula is C32H27NO4. The van der Waals surface area contributed by atoms with Crippen molar-refractivity contribution < 1.29 is 19.1 Å². The second-order valence-electron chi connectivity index (χ2n) is 9.62. The van der Waals surface area contributed by atoms with Crippen molar-refractivity contribution in [2.45, 2.75) is 31.7 Å². The number of nitrogens with one attached hydrogen (secondary N) is 1. The molecule has 6 rings (SSSR count). The van der Waals surface area contributed by atoms with Crippen molar-refractivity contribution in [1.82, 2.24) is 0 Å². The Labute approximate surface area is 215 Å². The van der Waals surface area contributed by atoms with Crippen LogP contribution < -0.4 is 14.8 Å². The normalized spacial score (nSPS) is 18.6. The zero-order chi connectivity index (χ0) is 25.5. The number of ketones is 1. The number of hydrogen-bond donors (Lipinski definition) is 1. The number of allylic oxidation sites excluding steroid dienone is 1. The monoisotopic (exact) mass is 489 g/mol. The predicted molar refractivity (Wildman–Crippen MR) is 145 cm³/mol. The van der Waals surface area contributed by atoms with Gasteiger partial charge < -0.3 is 14.8 Å². The van der Waals surface area contributed by atoms with E-state index in [4.69, 9.17) is 9.47 Å². The van der Waals surface area contributed by atoms with Crippen LogP contribution in [0, 0.1) is 0 Å². The number of benzene rings is 4. The van der Waals surface area contributed by atoms with Crippen LogP contribution in [0.3, 0.4) is 0 Å². The molecular weight excluding hydrogens is 462 g/mol. The molecule has 0 saturated heterocycles. The molecule has 1 heterocycles. The van der Waals surface area contributed by atoms with Gasteiger partial charge in [-0.3, -0.25) is 9.59 Å². The molecule has 0 amide bonds. The minimum atomic E-state index is -0.415. The summed E-state index contributed by atoms with van der Waals surface area (Å²) in [6, 6.07) is 28.0. The number of anilines is 1. The van der Waals surface area contributed by atoms with Crippen LogP contribution in [0.2, 0.25) is 0 Å². The Morgan fingerprint density at radius 3 is 2.43 bits per heavy atom. The first kappa shape index (κ1) is 23.0. The van der Waals surface area contributed by atoms with Crippen molar-refractivity contribution in [2.24, 2.45) is 0 Å². The zero-order valence-electron chi connectivity index (χ0n) is 20.8. The Balaban J connectivity index is 1.53. The molecule has 0 saturated carbocycles. The van der Waals surface area contributed by atoms with Gasteiger partial charge in [-0.25, -0.2) is 0 Å². The van der Waals surface area contributed by atoms with Gasteiger partial charge in [-0.15, -0.1) is 0 Å². The van der Waals surface area contributed by atoms with Gasteiger partial charge >= 0.3 is 5.97 Å². The van der Waals surface area contributed by atoms with Gasteiger partial charge in [-0.2, -0.15) is 0 Å². The highest BCUT2D eigenvalue weighted by Crippen LogP contribution is 2.51. The number of carbonyl (C=O) groups is 2. The summed E-state index contributed by atoms with van der Waals surface area (Å²) in [5, 5.41) is 5.95. The minimum Gasteiger partial charge on any atom is -0.493 e. The van der Waals surface area contributed by atoms with E-state index in [1.807, 2.05) is 42.5 Å². The number of esters is 1. The fourth-order valence-corrected chi connectivity index (χ4v) is 5.76. The largest absolute Gasteiger partial charge is 0.493 e. The predicted octanol–water partition coefficient (Wildman–Crippen LogP) is 6.84. The third-order valence-electron chi connectivity index (χ3n) is 7.37. The number of Topliss-reactive ketones (excluding diaryl/α,β-unsaturated/α-hetero) is 1. The molecule has 5 nitrogen and oxygen atoms in total. The molecule has 4 aromatic carbocycles. The van der Waals surface area contributed by atoms with Crippen LogP contribution in [-0.4, -0.2) is 18.9 Å². The molecule has 1 aliphatic heterocycles. The lowest BCUT2D eigenvalue weighted by atomic mass is 9.71. The highest BCUT2D eigenvalue weighted by molar-refractivity contribution is 6.13. The minimum absolute atomic E-state index is 0.124. The van der Waals surface area contributed by atoms with Crippen LogP contribution in [0.1, 0.15) is 48.4 Å². The molecule has 0 unspecified atom stereocenters. The molecule has 2 atom stereocenters. The number of fused-ring (bicyclic) bond motifs is 4. The maximum absolute atomic E-state index is 13.9. The SMILES string of the molecule is COc1cc([C@@H]2Nc3ccc4ccccc4c3C3=C2C(=O)C[C@@H](c2ccccc2)C3)ccc1OC(C)=O. The zero-order valence-corrected chi connectivity index (χ0v) is 20.8. The van der Waals surface area contributed by atoms with Crippen LogP contribution in [-0.2, 0) is 9.59 Å². The maximum Gasteiger partial charge on any atom is 0.308 e. The molecule has 2 aliphatic rings. The Hall–Kier alpha value is -4.38. The molecule has 0 spiro atoms. The molecule has 1 aliphatic carbocycles. The second kappa shape index (κ2) is 9.25. The first-order valence-electron chi connectivity index (χ1n) is 12.5. The number of hydrogen-bond acceptors (Lipinski definition) is 5. The summed E-state index contributed by atoms with van der Waals surface area (Å²) in [6.45, 7) is 1.36. The van der Waals surface area contributed by atoms with Crippen LogP contribution in [0.4, 0.5) is 5.69 Å². The maximum atomic E-state index is 13.9. The first-order valence-corrected chi connectivity index (χ1v) is 12.5. The van der Waals surface area contributed by atoms with Crippen molar-refractivity contribution in [2.75, 3.05) is 12.4 Å². The van der Waals surface area contributed by atoms with Crippen molar-refractivity contribution in [1.29, 1.82) is 0 Å². The van der Waals surface area contributed by atoms with Crippen LogP contribution in [0.5, 0.6) is 11.5 Å². The van der Waals surface area contributed by atoms with E-state index < -0.39 is 5.97 Å². The topological polar surface area (TPSA) is 64.6 Å². The summed E-state index contributed by atoms with van der Waals surface area (Å²) >= 11 is 0. The van der Waals surface area contributed by atoms with Crippen LogP contribution >= 0.6 is 0 Å². The fourth-order valence-electron chi connectivity index (χ4n) is 5.76. The molecule has 0 radical (unpaired) electrons. The highest BCUT2D eigenvalue weighted by atomic mass is 16.6. The van der Waals surface area contributed by atoms with E-state index in [0.717, 1.165) is 45.2 Å². The Kier molecular flexibility index (Phi) is 5.76. The Morgan fingerprint density at radius 2 is 1.65 bits per heavy atom. The quantitative estimate of drug-likeness (QED) is 0.251. The smallest absolute Gasteiger partial charge is 0.308 e. The lowest BCUT2D eigenvalue weighted by molar-refractivity contribution is -0.132. The number of carbonyl (C=O) groups excluding carboxylic acids is 2. The summed E-state index contributed by atoms with van der Waals surface area (Å²) in [7, 11) is 1.54. The van der Waals surface area contributed by atoms with Crippen molar-refractivity contribution in [3.8, 4) is 11.5 Å². The third-order valence-corrected chi connectivity index (χ3v) is 7.37. The van der Waals surface area contributed by atoms with E-state index in [0.29, 0.717) is 17.9 Å². The van der Waals surface area contributed by atoms with E-state index >= 15 is 0 Å². The summed E-state index contributed by atoms with van der Waals surface area (Å²) < 4.78 is 10.8. The van der Waals surface area contributed by atoms with E-state index in [9.17, 15) is 9.59 Å². The standard InChI is InChI=1S/C32H27NO4/c1-19(34)37-28-15-13-22(18-29(28)36-2)32-31-25(16-23(17-27(31)35)20-8-4-3-5-9-20)30-24-11-7-6-10-21(24)12-14-26(30)33-32/h3-15,18,23,32-33H,16-17H2,1-2H3/t23-,32-/m0/s1. The average Bonchev–Trinajstić information content (AvgIpc) is 2.92. The number of methoxy groups -OCH3 is 1. The van der Waals surface area contributed by atoms with Gasteiger partial charge in [-0.1, -0.05) is 66.7 Å². The van der Waals surface area contributed by atoms with Crippen molar-refractivity contribution in [3.63, 3.8) is 0 Å². The van der Waals surface area contributed by atoms with Gasteiger partial charge in [0.1, 0.15) is 0 Å². The molecule has 0 fully saturated rings. The summed E-state index contributed by atoms with van der Waals surface area (Å²) in [4.78, 5) is 25.5. The Morgan fingerprint density at radius 1 is 0.865 bits per heavy atom. The highest BCUT2D eigenvalue weighted by Gasteiger charge is 2.38. The molecule has 0 bridgehead atoms. The van der Waals surface area contributed by atoms with Crippen LogP contribution in [0.25, 0.3) is 16.3 Å². The van der Waals surface area contributed by atoms with Gasteiger partial charge in [0.2, 0.25) is 0 Å². The Bertz CT molecular complexity index is 1570. The van der Waals surface area contributed by atoms with Crippen molar-refractivity contribution in [3.05, 3.63) is 107 Å². The number of rotatable bonds is 4. The lowest BCUT2D eigenvalue weighted by Crippen LogP contribution is -2.29. The average molecular weight is 490 g/mol. The summed E-state index contributed by atoms with van der Waals surface area (Å²) in [5.74, 6) is 0.663. The molecule has 5 heteroatoms. The fraction of sp³-hybridized carbons (Fsp3) is 0.188. The van der Waals surface area contributed by atoms with Gasteiger partial charge in [-0.05, 0) is 58.0 Å². The van der Waals surface area contributed by atoms with E-state index in [1.54, 1.807) is 13.2 Å². The van der Waals surface area contributed by atoms with Gasteiger partial charge in [0.15, 0.2) is 17.3 Å². The summed E-state index contributed by atoms with van der Waals surface area (Å²) in [6.07, 6.45) is 1.25. The van der Waals surface area contributed by atoms with Crippen LogP contribution in [0.15, 0.2) is 90.5 Å². The lowest BCUT2D eigenvalue weighted by Gasteiger charge is -2.37. The molecule has 0 aromatic heterocycles. The van der Waals surface area contributed by atoms with Gasteiger partial charge in [0.05, 0.1) is 13.2 Å². The van der Waals surface area contributed by atoms with E-state index in [1.165, 1.54) is 12.5 Å². The second-order valence-corrected chi connectivity index (χ2v) is 9.62. The van der Waals surface area contributed by atoms with Crippen molar-refractivity contribution >= 4 is 33.8 Å². The molecule has 184 valence electrons. The van der Waals surface area contributed by atoms with Gasteiger partial charge in [0.25, 0.3) is 0 Å². The third kappa shape index (κ3) is 4.06. The summed E-state index contributed by atoms with van der Waals surface area (Å²) in [5.41, 5.74) is 6.09. The van der Waals surface area contributed by atoms with E-state index in [2.05, 4.69) is 41.7 Å². The molecule has 4 aromatic rings. The van der Waals surface area contributed by atoms with Gasteiger partial charge in [0, 0.05) is 30.2 Å². The molecule has 1 N–H and O–H groups in total. The first-order chi connectivity index (χ1) is 18.0.